The number of carbonyl (C=O) groups excluding carboxylic acids is 1. The van der Waals surface area contributed by atoms with Crippen molar-refractivity contribution in [1.29, 1.82) is 0 Å². The third kappa shape index (κ3) is 1.73. The van der Waals surface area contributed by atoms with Crippen LogP contribution >= 0.6 is 0 Å². The fourth-order valence-electron chi connectivity index (χ4n) is 1.82. The number of anilines is 1. The van der Waals surface area contributed by atoms with E-state index in [0.717, 1.165) is 17.0 Å². The summed E-state index contributed by atoms with van der Waals surface area (Å²) in [5.41, 5.74) is 2.14. The van der Waals surface area contributed by atoms with E-state index in [-0.39, 0.29) is 5.91 Å². The van der Waals surface area contributed by atoms with Crippen molar-refractivity contribution in [2.75, 3.05) is 5.32 Å². The van der Waals surface area contributed by atoms with Gasteiger partial charge in [-0.1, -0.05) is 18.2 Å². The number of nitrogens with one attached hydrogen (secondary N) is 1. The second-order valence-corrected chi connectivity index (χ2v) is 3.74. The van der Waals surface area contributed by atoms with E-state index >= 15 is 0 Å². The molecular weight excluding hydrogens is 216 g/mol. The van der Waals surface area contributed by atoms with Gasteiger partial charge in [-0.05, 0) is 18.2 Å². The molecule has 2 aromatic rings. The lowest BCUT2D eigenvalue weighted by Crippen LogP contribution is -2.14. The second-order valence-electron chi connectivity index (χ2n) is 3.74. The van der Waals surface area contributed by atoms with Crippen molar-refractivity contribution in [1.82, 2.24) is 0 Å². The summed E-state index contributed by atoms with van der Waals surface area (Å²) in [6, 6.07) is 11.2. The van der Waals surface area contributed by atoms with Gasteiger partial charge in [0.1, 0.15) is 11.5 Å². The van der Waals surface area contributed by atoms with Crippen LogP contribution in [0, 0.1) is 0 Å². The van der Waals surface area contributed by atoms with Crippen LogP contribution in [0.25, 0.3) is 0 Å². The number of rotatable bonds is 2. The lowest BCUT2D eigenvalue weighted by atomic mass is 10.1. The molecule has 0 bridgehead atoms. The number of hydrogen-bond donors (Lipinski definition) is 1. The predicted molar refractivity (Wildman–Crippen MR) is 64.0 cm³/mol. The van der Waals surface area contributed by atoms with Crippen molar-refractivity contribution < 1.29 is 9.21 Å². The van der Waals surface area contributed by atoms with Crippen molar-refractivity contribution in [3.8, 4) is 0 Å². The largest absolute Gasteiger partial charge is 0.467 e. The highest BCUT2D eigenvalue weighted by Crippen LogP contribution is 2.23. The van der Waals surface area contributed by atoms with Crippen LogP contribution in [0.2, 0.25) is 0 Å². The molecule has 0 saturated carbocycles. The monoisotopic (exact) mass is 226 g/mol. The van der Waals surface area contributed by atoms with E-state index in [1.165, 1.54) is 0 Å². The van der Waals surface area contributed by atoms with Gasteiger partial charge in [0, 0.05) is 5.56 Å². The molecule has 2 heterocycles. The Morgan fingerprint density at radius 1 is 1.18 bits per heavy atom. The summed E-state index contributed by atoms with van der Waals surface area (Å²) >= 11 is 0. The van der Waals surface area contributed by atoms with Gasteiger partial charge in [-0.2, -0.15) is 0 Å². The molecular formula is C13H10N2O2. The highest BCUT2D eigenvalue weighted by atomic mass is 16.3. The molecule has 1 N–H and O–H groups in total. The molecule has 84 valence electrons. The summed E-state index contributed by atoms with van der Waals surface area (Å²) in [4.78, 5) is 16.0. The summed E-state index contributed by atoms with van der Waals surface area (Å²) < 4.78 is 5.18. The van der Waals surface area contributed by atoms with Crippen molar-refractivity contribution in [2.45, 2.75) is 6.54 Å². The van der Waals surface area contributed by atoms with Crippen LogP contribution in [-0.2, 0) is 11.3 Å². The molecule has 0 spiro atoms. The number of fused-ring (bicyclic) bond motifs is 1. The van der Waals surface area contributed by atoms with Crippen LogP contribution < -0.4 is 5.32 Å². The molecule has 17 heavy (non-hydrogen) atoms. The van der Waals surface area contributed by atoms with E-state index in [1.807, 2.05) is 30.3 Å². The third-order valence-electron chi connectivity index (χ3n) is 2.62. The van der Waals surface area contributed by atoms with Gasteiger partial charge in [0.25, 0.3) is 5.91 Å². The average Bonchev–Trinajstić information content (AvgIpc) is 2.93. The molecule has 1 aliphatic heterocycles. The predicted octanol–water partition coefficient (Wildman–Crippen LogP) is 2.22. The van der Waals surface area contributed by atoms with E-state index in [2.05, 4.69) is 10.3 Å². The molecule has 4 nitrogen and oxygen atoms in total. The lowest BCUT2D eigenvalue weighted by molar-refractivity contribution is -0.110. The molecule has 1 aliphatic rings. The van der Waals surface area contributed by atoms with E-state index in [4.69, 9.17) is 4.42 Å². The molecule has 0 aliphatic carbocycles. The van der Waals surface area contributed by atoms with Gasteiger partial charge in [0.05, 0.1) is 18.5 Å². The maximum absolute atomic E-state index is 11.7. The molecule has 4 heteroatoms. The second kappa shape index (κ2) is 3.90. The van der Waals surface area contributed by atoms with Gasteiger partial charge in [-0.3, -0.25) is 9.79 Å². The van der Waals surface area contributed by atoms with E-state index in [9.17, 15) is 4.79 Å². The lowest BCUT2D eigenvalue weighted by Gasteiger charge is -1.95. The normalized spacial score (nSPS) is 16.0. The van der Waals surface area contributed by atoms with Gasteiger partial charge in [-0.15, -0.1) is 0 Å². The van der Waals surface area contributed by atoms with E-state index in [0.29, 0.717) is 12.3 Å². The standard InChI is InChI=1S/C13H10N2O2/c16-13-12(14-8-9-4-3-7-17-9)10-5-1-2-6-11(10)15-13/h1-7H,8H2,(H,14,15,16). The third-order valence-corrected chi connectivity index (χ3v) is 2.62. The number of amides is 1. The van der Waals surface area contributed by atoms with Crippen LogP contribution in [0.5, 0.6) is 0 Å². The fraction of sp³-hybridized carbons (Fsp3) is 0.0769. The maximum atomic E-state index is 11.7. The van der Waals surface area contributed by atoms with Crippen molar-refractivity contribution in [3.63, 3.8) is 0 Å². The minimum Gasteiger partial charge on any atom is -0.467 e. The Hall–Kier alpha value is -2.36. The van der Waals surface area contributed by atoms with Crippen LogP contribution in [-0.4, -0.2) is 11.6 Å². The molecule has 0 fully saturated rings. The van der Waals surface area contributed by atoms with E-state index in [1.54, 1.807) is 12.3 Å². The number of para-hydroxylation sites is 1. The Bertz CT molecular complexity index is 585. The summed E-state index contributed by atoms with van der Waals surface area (Å²) in [6.45, 7) is 0.379. The summed E-state index contributed by atoms with van der Waals surface area (Å²) in [6.07, 6.45) is 1.60. The highest BCUT2D eigenvalue weighted by Gasteiger charge is 2.24. The van der Waals surface area contributed by atoms with E-state index < -0.39 is 0 Å². The van der Waals surface area contributed by atoms with Crippen LogP contribution in [0.15, 0.2) is 52.1 Å². The summed E-state index contributed by atoms with van der Waals surface area (Å²) in [5.74, 6) is 0.590. The first-order valence-electron chi connectivity index (χ1n) is 5.32. The first-order valence-corrected chi connectivity index (χ1v) is 5.32. The van der Waals surface area contributed by atoms with Crippen molar-refractivity contribution in [3.05, 3.63) is 54.0 Å². The molecule has 1 aromatic heterocycles. The van der Waals surface area contributed by atoms with Crippen LogP contribution in [0.3, 0.4) is 0 Å². The van der Waals surface area contributed by atoms with Crippen molar-refractivity contribution in [2.24, 2.45) is 4.99 Å². The molecule has 0 saturated heterocycles. The zero-order chi connectivity index (χ0) is 11.7. The number of nitrogens with zero attached hydrogens (tertiary/aromatic N) is 1. The van der Waals surface area contributed by atoms with Crippen LogP contribution in [0.1, 0.15) is 11.3 Å². The quantitative estimate of drug-likeness (QED) is 0.853. The van der Waals surface area contributed by atoms with Crippen LogP contribution in [0.4, 0.5) is 5.69 Å². The summed E-state index contributed by atoms with van der Waals surface area (Å²) in [7, 11) is 0. The molecule has 3 rings (SSSR count). The number of aliphatic imine (C=N–C) groups is 1. The molecule has 0 atom stereocenters. The van der Waals surface area contributed by atoms with Gasteiger partial charge >= 0.3 is 0 Å². The Morgan fingerprint density at radius 3 is 2.88 bits per heavy atom. The molecule has 0 radical (unpaired) electrons. The first kappa shape index (κ1) is 9.84. The Balaban J connectivity index is 1.93. The maximum Gasteiger partial charge on any atom is 0.274 e. The molecule has 1 aromatic carbocycles. The number of hydrogen-bond acceptors (Lipinski definition) is 3. The topological polar surface area (TPSA) is 54.6 Å². The average molecular weight is 226 g/mol. The zero-order valence-corrected chi connectivity index (χ0v) is 9.01. The van der Waals surface area contributed by atoms with Crippen molar-refractivity contribution >= 4 is 17.3 Å². The molecule has 1 amide bonds. The summed E-state index contributed by atoms with van der Waals surface area (Å²) in [5, 5.41) is 2.78. The number of benzene rings is 1. The SMILES string of the molecule is O=C1Nc2ccccc2C1=NCc1ccco1. The fourth-order valence-corrected chi connectivity index (χ4v) is 1.82. The smallest absolute Gasteiger partial charge is 0.274 e. The number of carbonyl (C=O) groups is 1. The Labute approximate surface area is 98.0 Å². The Morgan fingerprint density at radius 2 is 2.06 bits per heavy atom. The minimum atomic E-state index is -0.155. The van der Waals surface area contributed by atoms with Gasteiger partial charge in [-0.25, -0.2) is 0 Å². The van der Waals surface area contributed by atoms with Gasteiger partial charge < -0.3 is 9.73 Å². The Kier molecular flexibility index (Phi) is 2.26. The zero-order valence-electron chi connectivity index (χ0n) is 9.01. The van der Waals surface area contributed by atoms with Gasteiger partial charge in [0.15, 0.2) is 0 Å². The number of furan rings is 1. The van der Waals surface area contributed by atoms with Gasteiger partial charge in [0.2, 0.25) is 0 Å². The first-order chi connectivity index (χ1) is 8.34. The molecule has 0 unspecified atom stereocenters. The highest BCUT2D eigenvalue weighted by molar-refractivity contribution is 6.53. The minimum absolute atomic E-state index is 0.155.